The van der Waals surface area contributed by atoms with Gasteiger partial charge in [-0.05, 0) is 43.4 Å². The highest BCUT2D eigenvalue weighted by Crippen LogP contribution is 2.19. The molecule has 0 spiro atoms. The van der Waals surface area contributed by atoms with Gasteiger partial charge in [0.1, 0.15) is 0 Å². The minimum atomic E-state index is -0.774. The quantitative estimate of drug-likeness (QED) is 0.584. The smallest absolute Gasteiger partial charge is 0.307 e. The van der Waals surface area contributed by atoms with Gasteiger partial charge in [-0.25, -0.2) is 0 Å². The molecule has 19 heavy (non-hydrogen) atoms. The zero-order valence-corrected chi connectivity index (χ0v) is 11.2. The number of carboxylic acid groups (broad SMARTS) is 1. The Balaban J connectivity index is 1.80. The molecule has 0 amide bonds. The molecule has 0 saturated carbocycles. The van der Waals surface area contributed by atoms with Crippen LogP contribution in [0.25, 0.3) is 0 Å². The summed E-state index contributed by atoms with van der Waals surface area (Å²) in [6, 6.07) is 7.75. The van der Waals surface area contributed by atoms with Crippen LogP contribution in [0.2, 0.25) is 0 Å². The maximum absolute atomic E-state index is 10.8. The molecule has 102 valence electrons. The van der Waals surface area contributed by atoms with Gasteiger partial charge in [0.25, 0.3) is 0 Å². The molecule has 0 radical (unpaired) electrons. The molecule has 0 atom stereocenters. The molecule has 0 bridgehead atoms. The van der Waals surface area contributed by atoms with E-state index < -0.39 is 5.97 Å². The third-order valence-corrected chi connectivity index (χ3v) is 3.53. The number of allylic oxidation sites excluding steroid dienone is 1. The fourth-order valence-corrected chi connectivity index (χ4v) is 2.50. The number of carbonyl (C=O) groups is 1. The number of hydrogen-bond donors (Lipinski definition) is 2. The molecule has 1 aliphatic rings. The van der Waals surface area contributed by atoms with E-state index in [0.29, 0.717) is 0 Å². The van der Waals surface area contributed by atoms with Crippen molar-refractivity contribution in [3.63, 3.8) is 0 Å². The Hall–Kier alpha value is -1.61. The van der Waals surface area contributed by atoms with E-state index >= 15 is 0 Å². The Bertz CT molecular complexity index is 466. The maximum atomic E-state index is 10.8. The standard InChI is InChI=1S/C16H21NO2/c18-16(19)11-14-7-3-4-8-15(14)12-17-10-9-13-5-1-2-6-13/h3-5,7-8,17H,1-2,6,9-12H2,(H,18,19). The SMILES string of the molecule is O=C(O)Cc1ccccc1CNCCC1=CCCC1. The van der Waals surface area contributed by atoms with Crippen LogP contribution in [-0.2, 0) is 17.8 Å². The molecule has 1 aliphatic carbocycles. The van der Waals surface area contributed by atoms with Crippen molar-refractivity contribution < 1.29 is 9.90 Å². The normalized spacial score (nSPS) is 14.4. The van der Waals surface area contributed by atoms with Crippen LogP contribution in [0.5, 0.6) is 0 Å². The fraction of sp³-hybridized carbons (Fsp3) is 0.438. The maximum Gasteiger partial charge on any atom is 0.307 e. The van der Waals surface area contributed by atoms with Crippen LogP contribution >= 0.6 is 0 Å². The Morgan fingerprint density at radius 3 is 2.74 bits per heavy atom. The lowest BCUT2D eigenvalue weighted by molar-refractivity contribution is -0.136. The monoisotopic (exact) mass is 259 g/mol. The molecule has 0 unspecified atom stereocenters. The van der Waals surface area contributed by atoms with Crippen molar-refractivity contribution in [1.29, 1.82) is 0 Å². The minimum Gasteiger partial charge on any atom is -0.481 e. The minimum absolute atomic E-state index is 0.100. The summed E-state index contributed by atoms with van der Waals surface area (Å²) in [5, 5.41) is 12.3. The second kappa shape index (κ2) is 7.10. The van der Waals surface area contributed by atoms with Gasteiger partial charge >= 0.3 is 5.97 Å². The van der Waals surface area contributed by atoms with E-state index in [1.54, 1.807) is 5.57 Å². The molecule has 1 aromatic rings. The first-order valence-corrected chi connectivity index (χ1v) is 6.93. The molecule has 0 aliphatic heterocycles. The van der Waals surface area contributed by atoms with Gasteiger partial charge in [0.05, 0.1) is 6.42 Å². The van der Waals surface area contributed by atoms with Crippen molar-refractivity contribution in [2.45, 2.75) is 38.6 Å². The molecule has 3 nitrogen and oxygen atoms in total. The summed E-state index contributed by atoms with van der Waals surface area (Å²) in [7, 11) is 0. The third kappa shape index (κ3) is 4.52. The van der Waals surface area contributed by atoms with Crippen LogP contribution < -0.4 is 5.32 Å². The van der Waals surface area contributed by atoms with Crippen molar-refractivity contribution in [1.82, 2.24) is 5.32 Å². The summed E-state index contributed by atoms with van der Waals surface area (Å²) in [6.07, 6.45) is 7.34. The highest BCUT2D eigenvalue weighted by Gasteiger charge is 2.06. The highest BCUT2D eigenvalue weighted by atomic mass is 16.4. The van der Waals surface area contributed by atoms with Crippen LogP contribution in [0.15, 0.2) is 35.9 Å². The van der Waals surface area contributed by atoms with Crippen molar-refractivity contribution in [2.24, 2.45) is 0 Å². The van der Waals surface area contributed by atoms with E-state index in [1.807, 2.05) is 24.3 Å². The molecule has 0 fully saturated rings. The van der Waals surface area contributed by atoms with Crippen molar-refractivity contribution in [3.05, 3.63) is 47.0 Å². The van der Waals surface area contributed by atoms with Gasteiger partial charge in [0.15, 0.2) is 0 Å². The van der Waals surface area contributed by atoms with Gasteiger partial charge < -0.3 is 10.4 Å². The Labute approximate surface area is 114 Å². The van der Waals surface area contributed by atoms with Gasteiger partial charge in [-0.1, -0.05) is 35.9 Å². The molecule has 0 saturated heterocycles. The molecule has 0 heterocycles. The Morgan fingerprint density at radius 2 is 2.05 bits per heavy atom. The predicted octanol–water partition coefficient (Wildman–Crippen LogP) is 2.90. The third-order valence-electron chi connectivity index (χ3n) is 3.53. The number of nitrogens with one attached hydrogen (secondary N) is 1. The summed E-state index contributed by atoms with van der Waals surface area (Å²) < 4.78 is 0. The van der Waals surface area contributed by atoms with E-state index in [1.165, 1.54) is 19.3 Å². The van der Waals surface area contributed by atoms with Crippen molar-refractivity contribution in [3.8, 4) is 0 Å². The molecule has 0 aromatic heterocycles. The second-order valence-corrected chi connectivity index (χ2v) is 5.02. The Kier molecular flexibility index (Phi) is 5.16. The van der Waals surface area contributed by atoms with E-state index in [2.05, 4.69) is 11.4 Å². The van der Waals surface area contributed by atoms with Gasteiger partial charge in [0.2, 0.25) is 0 Å². The molecule has 1 aromatic carbocycles. The fourth-order valence-electron chi connectivity index (χ4n) is 2.50. The number of rotatable bonds is 7. The Morgan fingerprint density at radius 1 is 1.26 bits per heavy atom. The number of aliphatic carboxylic acids is 1. The van der Waals surface area contributed by atoms with E-state index in [-0.39, 0.29) is 6.42 Å². The van der Waals surface area contributed by atoms with Crippen LogP contribution in [-0.4, -0.2) is 17.6 Å². The van der Waals surface area contributed by atoms with Crippen molar-refractivity contribution in [2.75, 3.05) is 6.54 Å². The summed E-state index contributed by atoms with van der Waals surface area (Å²) >= 11 is 0. The van der Waals surface area contributed by atoms with E-state index in [9.17, 15) is 4.79 Å². The summed E-state index contributed by atoms with van der Waals surface area (Å²) in [5.41, 5.74) is 3.55. The first-order valence-electron chi connectivity index (χ1n) is 6.93. The van der Waals surface area contributed by atoms with Crippen LogP contribution in [0.3, 0.4) is 0 Å². The van der Waals surface area contributed by atoms with Crippen LogP contribution in [0.4, 0.5) is 0 Å². The molecule has 3 heteroatoms. The predicted molar refractivity (Wildman–Crippen MR) is 76.0 cm³/mol. The molecular formula is C16H21NO2. The highest BCUT2D eigenvalue weighted by molar-refractivity contribution is 5.70. The zero-order valence-electron chi connectivity index (χ0n) is 11.2. The number of hydrogen-bond acceptors (Lipinski definition) is 2. The molecule has 2 N–H and O–H groups in total. The average Bonchev–Trinajstić information content (AvgIpc) is 2.89. The van der Waals surface area contributed by atoms with E-state index in [0.717, 1.165) is 30.6 Å². The second-order valence-electron chi connectivity index (χ2n) is 5.02. The lowest BCUT2D eigenvalue weighted by Crippen LogP contribution is -2.17. The first kappa shape index (κ1) is 13.8. The summed E-state index contributed by atoms with van der Waals surface area (Å²) in [5.74, 6) is -0.774. The average molecular weight is 259 g/mol. The van der Waals surface area contributed by atoms with Crippen molar-refractivity contribution >= 4 is 5.97 Å². The first-order chi connectivity index (χ1) is 9.25. The lowest BCUT2D eigenvalue weighted by Gasteiger charge is -2.09. The zero-order chi connectivity index (χ0) is 13.5. The largest absolute Gasteiger partial charge is 0.481 e. The van der Waals surface area contributed by atoms with Gasteiger partial charge in [-0.3, -0.25) is 4.79 Å². The van der Waals surface area contributed by atoms with Crippen LogP contribution in [0.1, 0.15) is 36.8 Å². The van der Waals surface area contributed by atoms with Gasteiger partial charge in [-0.2, -0.15) is 0 Å². The molecular weight excluding hydrogens is 238 g/mol. The van der Waals surface area contributed by atoms with Gasteiger partial charge in [-0.15, -0.1) is 0 Å². The lowest BCUT2D eigenvalue weighted by atomic mass is 10.0. The number of carboxylic acids is 1. The number of benzene rings is 1. The van der Waals surface area contributed by atoms with Gasteiger partial charge in [0, 0.05) is 6.54 Å². The van der Waals surface area contributed by atoms with Crippen LogP contribution in [0, 0.1) is 0 Å². The summed E-state index contributed by atoms with van der Waals surface area (Å²) in [6.45, 7) is 1.71. The molecule has 2 rings (SSSR count). The van der Waals surface area contributed by atoms with E-state index in [4.69, 9.17) is 5.11 Å². The summed E-state index contributed by atoms with van der Waals surface area (Å²) in [4.78, 5) is 10.8. The topological polar surface area (TPSA) is 49.3 Å².